The number of nitrogens with one attached hydrogen (secondary N) is 2. The zero-order chi connectivity index (χ0) is 15.1. The van der Waals surface area contributed by atoms with Crippen molar-refractivity contribution in [3.05, 3.63) is 35.5 Å². The molecule has 0 saturated carbocycles. The first kappa shape index (κ1) is 14.5. The number of nitrogens with zero attached hydrogens (tertiary/aromatic N) is 1. The van der Waals surface area contributed by atoms with Crippen LogP contribution in [0.1, 0.15) is 0 Å². The van der Waals surface area contributed by atoms with Gasteiger partial charge in [-0.3, -0.25) is 0 Å². The van der Waals surface area contributed by atoms with Crippen LogP contribution in [0.4, 0.5) is 5.69 Å². The summed E-state index contributed by atoms with van der Waals surface area (Å²) in [6.45, 7) is 1.52. The molecule has 0 spiro atoms. The molecular formula is C15H11ClIN3OS. The monoisotopic (exact) mass is 443 g/mol. The Hall–Kier alpha value is -1.12. The Bertz CT molecular complexity index is 867. The Kier molecular flexibility index (Phi) is 3.83. The largest absolute Gasteiger partial charge is 0.490 e. The van der Waals surface area contributed by atoms with Crippen LogP contribution in [0.5, 0.6) is 5.75 Å². The molecule has 2 N–H and O–H groups in total. The molecule has 0 fully saturated rings. The van der Waals surface area contributed by atoms with Gasteiger partial charge in [-0.05, 0) is 32.7 Å². The summed E-state index contributed by atoms with van der Waals surface area (Å²) < 4.78 is 5.65. The van der Waals surface area contributed by atoms with E-state index in [1.165, 1.54) is 0 Å². The molecule has 4 nitrogen and oxygen atoms in total. The number of ether oxygens (including phenoxy) is 1. The summed E-state index contributed by atoms with van der Waals surface area (Å²) in [5, 5.41) is 6.08. The van der Waals surface area contributed by atoms with Crippen molar-refractivity contribution in [3.8, 4) is 16.9 Å². The van der Waals surface area contributed by atoms with E-state index in [1.54, 1.807) is 15.1 Å². The minimum atomic E-state index is 0.698. The van der Waals surface area contributed by atoms with E-state index >= 15 is 0 Å². The first-order valence-electron chi connectivity index (χ1n) is 6.74. The van der Waals surface area contributed by atoms with Gasteiger partial charge in [0.2, 0.25) is 0 Å². The number of aromatic nitrogens is 2. The molecule has 0 bridgehead atoms. The molecule has 2 aromatic heterocycles. The highest BCUT2D eigenvalue weighted by molar-refractivity contribution is 14.2. The van der Waals surface area contributed by atoms with Gasteiger partial charge in [0.05, 0.1) is 15.7 Å². The summed E-state index contributed by atoms with van der Waals surface area (Å²) in [7, 11) is 1.63. The molecule has 1 aliphatic heterocycles. The Balaban J connectivity index is 1.97. The molecule has 112 valence electrons. The van der Waals surface area contributed by atoms with E-state index in [-0.39, 0.29) is 0 Å². The quantitative estimate of drug-likeness (QED) is 0.539. The van der Waals surface area contributed by atoms with Crippen molar-refractivity contribution >= 4 is 58.5 Å². The summed E-state index contributed by atoms with van der Waals surface area (Å²) in [6, 6.07) is 8.00. The number of aromatic amines is 1. The van der Waals surface area contributed by atoms with Crippen molar-refractivity contribution in [2.24, 2.45) is 0 Å². The predicted molar refractivity (Wildman–Crippen MR) is 100 cm³/mol. The maximum absolute atomic E-state index is 6.41. The second-order valence-electron chi connectivity index (χ2n) is 4.91. The molecule has 1 aliphatic rings. The van der Waals surface area contributed by atoms with Crippen molar-refractivity contribution in [2.75, 3.05) is 18.5 Å². The lowest BCUT2D eigenvalue weighted by atomic mass is 10.0. The van der Waals surface area contributed by atoms with Crippen LogP contribution in [-0.2, 0) is 0 Å². The molecular weight excluding hydrogens is 433 g/mol. The lowest BCUT2D eigenvalue weighted by molar-refractivity contribution is 0.323. The fourth-order valence-electron chi connectivity index (χ4n) is 2.68. The van der Waals surface area contributed by atoms with Crippen LogP contribution in [0.25, 0.3) is 22.2 Å². The highest BCUT2D eigenvalue weighted by atomic mass is 127. The summed E-state index contributed by atoms with van der Waals surface area (Å²) >= 11 is 8.68. The van der Waals surface area contributed by atoms with Gasteiger partial charge < -0.3 is 15.0 Å². The fraction of sp³-hybridized carbons (Fsp3) is 0.133. The number of halogens is 2. The predicted octanol–water partition coefficient (Wildman–Crippen LogP) is 5.13. The molecule has 0 atom stereocenters. The number of benzene rings is 1. The van der Waals surface area contributed by atoms with Crippen LogP contribution >= 0.6 is 41.7 Å². The number of H-pyrrole nitrogens is 1. The molecule has 0 aliphatic carbocycles. The summed E-state index contributed by atoms with van der Waals surface area (Å²) in [6.07, 6.45) is 1.72. The third-order valence-corrected chi connectivity index (χ3v) is 5.73. The van der Waals surface area contributed by atoms with Crippen molar-refractivity contribution in [1.29, 1.82) is 0 Å². The van der Waals surface area contributed by atoms with E-state index in [2.05, 4.69) is 48.6 Å². The number of hydrogen-bond acceptors (Lipinski definition) is 4. The van der Waals surface area contributed by atoms with Gasteiger partial charge in [0.15, 0.2) is 0 Å². The van der Waals surface area contributed by atoms with Gasteiger partial charge in [-0.2, -0.15) is 0 Å². The number of anilines is 1. The van der Waals surface area contributed by atoms with Gasteiger partial charge >= 0.3 is 0 Å². The van der Waals surface area contributed by atoms with Crippen LogP contribution in [0.15, 0.2) is 35.5 Å². The molecule has 0 unspecified atom stereocenters. The maximum Gasteiger partial charge on any atom is 0.142 e. The van der Waals surface area contributed by atoms with Gasteiger partial charge in [-0.15, -0.1) is 0 Å². The molecule has 1 aromatic carbocycles. The minimum Gasteiger partial charge on any atom is -0.490 e. The van der Waals surface area contributed by atoms with E-state index in [4.69, 9.17) is 16.3 Å². The molecule has 7 heteroatoms. The van der Waals surface area contributed by atoms with Crippen molar-refractivity contribution in [3.63, 3.8) is 0 Å². The highest BCUT2D eigenvalue weighted by Gasteiger charge is 2.19. The zero-order valence-corrected chi connectivity index (χ0v) is 15.1. The first-order chi connectivity index (χ1) is 10.8. The smallest absolute Gasteiger partial charge is 0.142 e. The Morgan fingerprint density at radius 2 is 2.23 bits per heavy atom. The second-order valence-corrected chi connectivity index (χ2v) is 7.20. The normalized spacial score (nSPS) is 13.5. The zero-order valence-electron chi connectivity index (χ0n) is 11.3. The number of pyridine rings is 1. The summed E-state index contributed by atoms with van der Waals surface area (Å²) in [4.78, 5) is 7.73. The second kappa shape index (κ2) is 5.82. The van der Waals surface area contributed by atoms with E-state index in [9.17, 15) is 0 Å². The lowest BCUT2D eigenvalue weighted by Gasteiger charge is -2.19. The van der Waals surface area contributed by atoms with E-state index in [1.807, 2.05) is 12.1 Å². The molecule has 3 aromatic rings. The third-order valence-electron chi connectivity index (χ3n) is 3.63. The Labute approximate surface area is 148 Å². The molecule has 0 radical (unpaired) electrons. The van der Waals surface area contributed by atoms with Gasteiger partial charge in [0, 0.05) is 44.9 Å². The van der Waals surface area contributed by atoms with Crippen LogP contribution < -0.4 is 10.1 Å². The van der Waals surface area contributed by atoms with E-state index in [0.29, 0.717) is 11.6 Å². The van der Waals surface area contributed by atoms with Gasteiger partial charge in [-0.25, -0.2) is 4.98 Å². The minimum absolute atomic E-state index is 0.698. The number of fused-ring (bicyclic) bond motifs is 2. The molecule has 3 heterocycles. The summed E-state index contributed by atoms with van der Waals surface area (Å²) in [5.74, 6) is 0.891. The molecule has 22 heavy (non-hydrogen) atoms. The topological polar surface area (TPSA) is 49.9 Å². The Morgan fingerprint density at radius 3 is 3.09 bits per heavy atom. The number of hydrogen-bond donors (Lipinski definition) is 2. The standard InChI is InChI=1S/C15H11ClIN3OS/c16-9-3-4-19-14-13(9)12(15(20-14)22-17)8-1-2-11-10(7-8)18-5-6-21-11/h1-4,7,18H,5-6H2,(H,19,20). The summed E-state index contributed by atoms with van der Waals surface area (Å²) in [5.41, 5.74) is 4.01. The Morgan fingerprint density at radius 1 is 1.32 bits per heavy atom. The average molecular weight is 444 g/mol. The SMILES string of the molecule is Clc1ccnc2[nH]c(SI)c(-c3ccc4c(c3)NCCO4)c12. The van der Waals surface area contributed by atoms with Crippen LogP contribution in [0, 0.1) is 0 Å². The fourth-order valence-corrected chi connectivity index (χ4v) is 4.35. The molecule has 0 saturated heterocycles. The molecule has 4 rings (SSSR count). The van der Waals surface area contributed by atoms with E-state index in [0.717, 1.165) is 45.2 Å². The van der Waals surface area contributed by atoms with Crippen LogP contribution in [0.3, 0.4) is 0 Å². The highest BCUT2D eigenvalue weighted by Crippen LogP contribution is 2.44. The van der Waals surface area contributed by atoms with Crippen molar-refractivity contribution < 1.29 is 4.74 Å². The van der Waals surface area contributed by atoms with Gasteiger partial charge in [-0.1, -0.05) is 17.7 Å². The van der Waals surface area contributed by atoms with Gasteiger partial charge in [0.1, 0.15) is 18.0 Å². The van der Waals surface area contributed by atoms with E-state index < -0.39 is 0 Å². The van der Waals surface area contributed by atoms with Crippen molar-refractivity contribution in [1.82, 2.24) is 9.97 Å². The maximum atomic E-state index is 6.41. The molecule has 0 amide bonds. The first-order valence-corrected chi connectivity index (χ1v) is 10.5. The van der Waals surface area contributed by atoms with Gasteiger partial charge in [0.25, 0.3) is 0 Å². The van der Waals surface area contributed by atoms with Crippen LogP contribution in [0.2, 0.25) is 5.02 Å². The lowest BCUT2D eigenvalue weighted by Crippen LogP contribution is -2.17. The number of rotatable bonds is 2. The van der Waals surface area contributed by atoms with Crippen LogP contribution in [-0.4, -0.2) is 23.1 Å². The third kappa shape index (κ3) is 2.33. The average Bonchev–Trinajstić information content (AvgIpc) is 2.94. The van der Waals surface area contributed by atoms with Crippen molar-refractivity contribution in [2.45, 2.75) is 5.03 Å².